The van der Waals surface area contributed by atoms with Crippen molar-refractivity contribution in [3.63, 3.8) is 0 Å². The Balaban J connectivity index is 2.42. The molecule has 1 aromatic carbocycles. The van der Waals surface area contributed by atoms with Crippen LogP contribution in [0.5, 0.6) is 0 Å². The molecule has 3 nitrogen and oxygen atoms in total. The van der Waals surface area contributed by atoms with E-state index in [0.717, 1.165) is 12.1 Å². The third-order valence-electron chi connectivity index (χ3n) is 4.05. The van der Waals surface area contributed by atoms with E-state index in [1.165, 1.54) is 6.07 Å². The number of aliphatic hydroxyl groups is 1. The van der Waals surface area contributed by atoms with Gasteiger partial charge in [0.2, 0.25) is 0 Å². The fraction of sp³-hybridized carbons (Fsp3) is 0.571. The van der Waals surface area contributed by atoms with Crippen LogP contribution in [0.1, 0.15) is 38.8 Å². The molecule has 2 rings (SSSR count). The zero-order valence-electron chi connectivity index (χ0n) is 12.4. The molecule has 116 valence electrons. The molecule has 0 aromatic heterocycles. The van der Waals surface area contributed by atoms with Gasteiger partial charge in [-0.3, -0.25) is 0 Å². The molecule has 1 heterocycles. The Kier molecular flexibility index (Phi) is 3.89. The summed E-state index contributed by atoms with van der Waals surface area (Å²) in [6, 6.07) is 3.40. The van der Waals surface area contributed by atoms with Gasteiger partial charge in [0.25, 0.3) is 0 Å². The first kappa shape index (κ1) is 16.3. The molecule has 21 heavy (non-hydrogen) atoms. The van der Waals surface area contributed by atoms with Crippen LogP contribution in [0.4, 0.5) is 13.2 Å². The largest absolute Gasteiger partial charge is 0.494 e. The first-order valence-corrected chi connectivity index (χ1v) is 6.64. The van der Waals surface area contributed by atoms with E-state index in [0.29, 0.717) is 0 Å². The van der Waals surface area contributed by atoms with Gasteiger partial charge in [-0.1, -0.05) is 12.1 Å². The summed E-state index contributed by atoms with van der Waals surface area (Å²) >= 11 is 0. The minimum absolute atomic E-state index is 0.175. The van der Waals surface area contributed by atoms with Crippen LogP contribution in [0.15, 0.2) is 18.2 Å². The topological polar surface area (TPSA) is 38.7 Å². The summed E-state index contributed by atoms with van der Waals surface area (Å²) in [7, 11) is -0.886. The van der Waals surface area contributed by atoms with Gasteiger partial charge < -0.3 is 14.4 Å². The summed E-state index contributed by atoms with van der Waals surface area (Å²) in [6.45, 7) is 6.83. The normalized spacial score (nSPS) is 20.9. The quantitative estimate of drug-likeness (QED) is 0.853. The number of halogens is 3. The van der Waals surface area contributed by atoms with Crippen LogP contribution < -0.4 is 5.46 Å². The number of hydrogen-bond acceptors (Lipinski definition) is 3. The van der Waals surface area contributed by atoms with Gasteiger partial charge in [-0.2, -0.15) is 13.2 Å². The lowest BCUT2D eigenvalue weighted by atomic mass is 9.77. The molecule has 1 aliphatic heterocycles. The molecule has 0 radical (unpaired) electrons. The number of alkyl halides is 3. The maximum absolute atomic E-state index is 12.9. The van der Waals surface area contributed by atoms with E-state index in [9.17, 15) is 13.2 Å². The highest BCUT2D eigenvalue weighted by molar-refractivity contribution is 6.62. The zero-order valence-corrected chi connectivity index (χ0v) is 12.4. The van der Waals surface area contributed by atoms with Gasteiger partial charge in [0.05, 0.1) is 23.4 Å². The highest BCUT2D eigenvalue weighted by Crippen LogP contribution is 2.37. The van der Waals surface area contributed by atoms with Crippen molar-refractivity contribution < 1.29 is 27.6 Å². The van der Waals surface area contributed by atoms with E-state index in [1.807, 2.05) is 27.7 Å². The smallest absolute Gasteiger partial charge is 0.399 e. The van der Waals surface area contributed by atoms with Gasteiger partial charge in [-0.05, 0) is 44.8 Å². The van der Waals surface area contributed by atoms with E-state index in [2.05, 4.69) is 0 Å². The molecule has 0 aliphatic carbocycles. The first-order chi connectivity index (χ1) is 9.46. The van der Waals surface area contributed by atoms with Crippen LogP contribution >= 0.6 is 0 Å². The van der Waals surface area contributed by atoms with E-state index < -0.39 is 36.7 Å². The molecule has 1 aromatic rings. The molecular weight excluding hydrogens is 284 g/mol. The zero-order chi connectivity index (χ0) is 16.1. The maximum Gasteiger partial charge on any atom is 0.494 e. The van der Waals surface area contributed by atoms with Crippen molar-refractivity contribution in [2.24, 2.45) is 0 Å². The molecule has 0 atom stereocenters. The lowest BCUT2D eigenvalue weighted by molar-refractivity contribution is -0.137. The second-order valence-corrected chi connectivity index (χ2v) is 6.21. The van der Waals surface area contributed by atoms with Crippen molar-refractivity contribution in [3.05, 3.63) is 29.3 Å². The third-order valence-corrected chi connectivity index (χ3v) is 4.05. The van der Waals surface area contributed by atoms with Crippen molar-refractivity contribution in [3.8, 4) is 0 Å². The summed E-state index contributed by atoms with van der Waals surface area (Å²) in [5.41, 5.74) is -1.66. The van der Waals surface area contributed by atoms with Crippen LogP contribution in [-0.2, 0) is 22.1 Å². The summed E-state index contributed by atoms with van der Waals surface area (Å²) in [5, 5.41) is 9.15. The van der Waals surface area contributed by atoms with E-state index in [1.54, 1.807) is 0 Å². The lowest BCUT2D eigenvalue weighted by Crippen LogP contribution is -2.41. The van der Waals surface area contributed by atoms with E-state index in [4.69, 9.17) is 14.4 Å². The Labute approximate surface area is 122 Å². The second-order valence-electron chi connectivity index (χ2n) is 6.21. The van der Waals surface area contributed by atoms with Gasteiger partial charge in [-0.25, -0.2) is 0 Å². The van der Waals surface area contributed by atoms with Crippen molar-refractivity contribution >= 4 is 12.6 Å². The monoisotopic (exact) mass is 302 g/mol. The fourth-order valence-electron chi connectivity index (χ4n) is 2.09. The average Bonchev–Trinajstić information content (AvgIpc) is 2.57. The third kappa shape index (κ3) is 3.10. The van der Waals surface area contributed by atoms with E-state index in [-0.39, 0.29) is 11.0 Å². The van der Waals surface area contributed by atoms with Crippen LogP contribution in [0.25, 0.3) is 0 Å². The van der Waals surface area contributed by atoms with Crippen molar-refractivity contribution in [1.29, 1.82) is 0 Å². The predicted octanol–water partition coefficient (Wildman–Crippen LogP) is 2.50. The standard InChI is InChI=1S/C14H18BF3O3/c1-12(2)13(3,4)21-15(20-12)11-6-9(8-19)5-10(7-11)14(16,17)18/h5-7,19H,8H2,1-4H3. The van der Waals surface area contributed by atoms with Crippen molar-refractivity contribution in [1.82, 2.24) is 0 Å². The van der Waals surface area contributed by atoms with Crippen LogP contribution in [-0.4, -0.2) is 23.4 Å². The molecular formula is C14H18BF3O3. The SMILES string of the molecule is CC1(C)OB(c2cc(CO)cc(C(F)(F)F)c2)OC1(C)C. The van der Waals surface area contributed by atoms with Gasteiger partial charge in [0.1, 0.15) is 0 Å². The highest BCUT2D eigenvalue weighted by atomic mass is 19.4. The van der Waals surface area contributed by atoms with Crippen LogP contribution in [0.2, 0.25) is 0 Å². The van der Waals surface area contributed by atoms with Gasteiger partial charge >= 0.3 is 13.3 Å². The molecule has 1 fully saturated rings. The number of rotatable bonds is 2. The maximum atomic E-state index is 12.9. The molecule has 1 saturated heterocycles. The second kappa shape index (κ2) is 5.00. The molecule has 0 saturated carbocycles. The molecule has 7 heteroatoms. The molecule has 0 bridgehead atoms. The first-order valence-electron chi connectivity index (χ1n) is 6.64. The fourth-order valence-corrected chi connectivity index (χ4v) is 2.09. The molecule has 0 unspecified atom stereocenters. The van der Waals surface area contributed by atoms with Crippen molar-refractivity contribution in [2.75, 3.05) is 0 Å². The lowest BCUT2D eigenvalue weighted by Gasteiger charge is -2.32. The molecule has 1 N–H and O–H groups in total. The minimum atomic E-state index is -4.48. The Morgan fingerprint density at radius 3 is 2.00 bits per heavy atom. The summed E-state index contributed by atoms with van der Waals surface area (Å²) in [5.74, 6) is 0. The molecule has 0 amide bonds. The Morgan fingerprint density at radius 2 is 1.57 bits per heavy atom. The van der Waals surface area contributed by atoms with Crippen molar-refractivity contribution in [2.45, 2.75) is 51.7 Å². The van der Waals surface area contributed by atoms with Gasteiger partial charge in [0.15, 0.2) is 0 Å². The van der Waals surface area contributed by atoms with Crippen LogP contribution in [0, 0.1) is 0 Å². The summed E-state index contributed by atoms with van der Waals surface area (Å²) in [6.07, 6.45) is -4.48. The Morgan fingerprint density at radius 1 is 1.05 bits per heavy atom. The number of hydrogen-bond donors (Lipinski definition) is 1. The average molecular weight is 302 g/mol. The Bertz CT molecular complexity index is 525. The number of aliphatic hydroxyl groups excluding tert-OH is 1. The van der Waals surface area contributed by atoms with Crippen LogP contribution in [0.3, 0.4) is 0 Å². The van der Waals surface area contributed by atoms with Gasteiger partial charge in [0, 0.05) is 0 Å². The van der Waals surface area contributed by atoms with Gasteiger partial charge in [-0.15, -0.1) is 0 Å². The minimum Gasteiger partial charge on any atom is -0.399 e. The molecule has 0 spiro atoms. The Hall–Kier alpha value is -1.05. The highest BCUT2D eigenvalue weighted by Gasteiger charge is 2.52. The summed E-state index contributed by atoms with van der Waals surface area (Å²) in [4.78, 5) is 0. The summed E-state index contributed by atoms with van der Waals surface area (Å²) < 4.78 is 50.2. The van der Waals surface area contributed by atoms with E-state index >= 15 is 0 Å². The molecule has 1 aliphatic rings. The predicted molar refractivity (Wildman–Crippen MR) is 73.1 cm³/mol. The number of benzene rings is 1.